The number of anilines is 3. The maximum Gasteiger partial charge on any atom is 0.261 e. The second-order valence-electron chi connectivity index (χ2n) is 3.91. The first kappa shape index (κ1) is 12.6. The van der Waals surface area contributed by atoms with Crippen LogP contribution in [-0.4, -0.2) is 22.0 Å². The lowest BCUT2D eigenvalue weighted by Crippen LogP contribution is -2.13. The molecule has 19 heavy (non-hydrogen) atoms. The number of carbonyl (C=O) groups excluding carboxylic acids is 2. The Balaban J connectivity index is 2.06. The summed E-state index contributed by atoms with van der Waals surface area (Å²) in [7, 11) is 0. The van der Waals surface area contributed by atoms with Gasteiger partial charge < -0.3 is 16.4 Å². The Morgan fingerprint density at radius 2 is 1.74 bits per heavy atom. The number of nitrogens with two attached hydrogens (primary N) is 1. The predicted molar refractivity (Wildman–Crippen MR) is 71.7 cm³/mol. The van der Waals surface area contributed by atoms with Crippen molar-refractivity contribution in [1.29, 1.82) is 0 Å². The minimum atomic E-state index is -0.349. The average molecular weight is 259 g/mol. The Morgan fingerprint density at radius 3 is 2.21 bits per heavy atom. The maximum atomic E-state index is 11.8. The molecule has 1 aromatic heterocycles. The van der Waals surface area contributed by atoms with Gasteiger partial charge in [-0.15, -0.1) is 0 Å². The van der Waals surface area contributed by atoms with Gasteiger partial charge in [0.25, 0.3) is 5.91 Å². The monoisotopic (exact) mass is 259 g/mol. The van der Waals surface area contributed by atoms with Crippen molar-refractivity contribution in [2.24, 2.45) is 0 Å². The highest BCUT2D eigenvalue weighted by Crippen LogP contribution is 2.15. The molecule has 7 nitrogen and oxygen atoms in total. The number of aromatic amines is 1. The van der Waals surface area contributed by atoms with Crippen LogP contribution in [0.4, 0.5) is 17.2 Å². The zero-order valence-corrected chi connectivity index (χ0v) is 10.2. The van der Waals surface area contributed by atoms with Crippen LogP contribution in [0.2, 0.25) is 0 Å². The van der Waals surface area contributed by atoms with E-state index in [2.05, 4.69) is 20.8 Å². The Hall–Kier alpha value is -2.83. The second kappa shape index (κ2) is 5.21. The molecule has 0 bridgehead atoms. The summed E-state index contributed by atoms with van der Waals surface area (Å²) < 4.78 is 0. The van der Waals surface area contributed by atoms with Gasteiger partial charge in [0.2, 0.25) is 5.91 Å². The summed E-state index contributed by atoms with van der Waals surface area (Å²) in [5.41, 5.74) is 7.09. The van der Waals surface area contributed by atoms with Crippen molar-refractivity contribution in [3.8, 4) is 0 Å². The Morgan fingerprint density at radius 1 is 1.16 bits per heavy atom. The third-order valence-electron chi connectivity index (χ3n) is 2.38. The average Bonchev–Trinajstić information content (AvgIpc) is 2.77. The fraction of sp³-hybridized carbons (Fsp3) is 0.0833. The summed E-state index contributed by atoms with van der Waals surface area (Å²) in [5, 5.41) is 11.5. The number of rotatable bonds is 3. The van der Waals surface area contributed by atoms with Crippen LogP contribution in [0.15, 0.2) is 30.5 Å². The molecular formula is C12H13N5O2. The smallest absolute Gasteiger partial charge is 0.261 e. The van der Waals surface area contributed by atoms with E-state index in [4.69, 9.17) is 5.73 Å². The molecule has 0 atom stereocenters. The first-order valence-electron chi connectivity index (χ1n) is 5.54. The minimum absolute atomic E-state index is 0.150. The van der Waals surface area contributed by atoms with Gasteiger partial charge in [-0.2, -0.15) is 5.10 Å². The summed E-state index contributed by atoms with van der Waals surface area (Å²) in [6.45, 7) is 1.43. The van der Waals surface area contributed by atoms with Gasteiger partial charge in [-0.1, -0.05) is 0 Å². The van der Waals surface area contributed by atoms with Crippen LogP contribution in [0.25, 0.3) is 0 Å². The minimum Gasteiger partial charge on any atom is -0.383 e. The molecule has 2 aromatic rings. The lowest BCUT2D eigenvalue weighted by molar-refractivity contribution is -0.114. The van der Waals surface area contributed by atoms with Crippen molar-refractivity contribution in [2.75, 3.05) is 16.4 Å². The Bertz CT molecular complexity index is 603. The highest BCUT2D eigenvalue weighted by atomic mass is 16.2. The van der Waals surface area contributed by atoms with Crippen LogP contribution in [0.3, 0.4) is 0 Å². The molecule has 0 aliphatic carbocycles. The van der Waals surface area contributed by atoms with Crippen molar-refractivity contribution in [3.63, 3.8) is 0 Å². The van der Waals surface area contributed by atoms with E-state index in [1.165, 1.54) is 13.1 Å². The summed E-state index contributed by atoms with van der Waals surface area (Å²) in [5.74, 6) is -0.283. The zero-order chi connectivity index (χ0) is 13.8. The van der Waals surface area contributed by atoms with Gasteiger partial charge >= 0.3 is 0 Å². The van der Waals surface area contributed by atoms with Crippen LogP contribution in [-0.2, 0) is 4.79 Å². The predicted octanol–water partition coefficient (Wildman–Crippen LogP) is 1.20. The summed E-state index contributed by atoms with van der Waals surface area (Å²) in [4.78, 5) is 22.7. The van der Waals surface area contributed by atoms with Gasteiger partial charge in [-0.25, -0.2) is 0 Å². The number of hydrogen-bond donors (Lipinski definition) is 4. The number of carbonyl (C=O) groups is 2. The normalized spacial score (nSPS) is 9.95. The van der Waals surface area contributed by atoms with Gasteiger partial charge in [0.1, 0.15) is 11.4 Å². The van der Waals surface area contributed by atoms with Gasteiger partial charge in [-0.05, 0) is 24.3 Å². The van der Waals surface area contributed by atoms with E-state index in [-0.39, 0.29) is 23.2 Å². The third kappa shape index (κ3) is 3.09. The van der Waals surface area contributed by atoms with Crippen molar-refractivity contribution in [3.05, 3.63) is 36.0 Å². The molecule has 2 rings (SSSR count). The molecule has 0 spiro atoms. The van der Waals surface area contributed by atoms with E-state index in [0.29, 0.717) is 11.4 Å². The molecule has 98 valence electrons. The molecule has 0 unspecified atom stereocenters. The van der Waals surface area contributed by atoms with Gasteiger partial charge in [0, 0.05) is 18.3 Å². The highest BCUT2D eigenvalue weighted by molar-refractivity contribution is 6.07. The van der Waals surface area contributed by atoms with E-state index in [1.807, 2.05) is 0 Å². The SMILES string of the molecule is CC(=O)Nc1ccc(NC(=O)c2cn[nH]c2N)cc1. The van der Waals surface area contributed by atoms with E-state index in [0.717, 1.165) is 0 Å². The first-order chi connectivity index (χ1) is 9.06. The lowest BCUT2D eigenvalue weighted by atomic mass is 10.2. The van der Waals surface area contributed by atoms with E-state index < -0.39 is 0 Å². The van der Waals surface area contributed by atoms with Crippen LogP contribution >= 0.6 is 0 Å². The number of benzene rings is 1. The van der Waals surface area contributed by atoms with Gasteiger partial charge in [0.15, 0.2) is 0 Å². The molecule has 7 heteroatoms. The van der Waals surface area contributed by atoms with Crippen LogP contribution < -0.4 is 16.4 Å². The van der Waals surface area contributed by atoms with Crippen molar-refractivity contribution >= 4 is 29.0 Å². The fourth-order valence-corrected chi connectivity index (χ4v) is 1.52. The highest BCUT2D eigenvalue weighted by Gasteiger charge is 2.11. The van der Waals surface area contributed by atoms with Crippen molar-refractivity contribution in [1.82, 2.24) is 10.2 Å². The summed E-state index contributed by atoms with van der Waals surface area (Å²) in [6.07, 6.45) is 1.36. The number of aromatic nitrogens is 2. The first-order valence-corrected chi connectivity index (χ1v) is 5.54. The second-order valence-corrected chi connectivity index (χ2v) is 3.91. The lowest BCUT2D eigenvalue weighted by Gasteiger charge is -2.06. The number of nitrogens with one attached hydrogen (secondary N) is 3. The molecule has 2 amide bonds. The quantitative estimate of drug-likeness (QED) is 0.663. The molecular weight excluding hydrogens is 246 g/mol. The largest absolute Gasteiger partial charge is 0.383 e. The molecule has 0 aliphatic heterocycles. The molecule has 1 heterocycles. The molecule has 5 N–H and O–H groups in total. The van der Waals surface area contributed by atoms with Crippen LogP contribution in [0.5, 0.6) is 0 Å². The zero-order valence-electron chi connectivity index (χ0n) is 10.2. The third-order valence-corrected chi connectivity index (χ3v) is 2.38. The Kier molecular flexibility index (Phi) is 3.46. The van der Waals surface area contributed by atoms with Crippen molar-refractivity contribution in [2.45, 2.75) is 6.92 Å². The standard InChI is InChI=1S/C12H13N5O2/c1-7(18)15-8-2-4-9(5-3-8)16-12(19)10-6-14-17-11(10)13/h2-6H,1H3,(H,15,18)(H,16,19)(H3,13,14,17). The summed E-state index contributed by atoms with van der Waals surface area (Å²) in [6, 6.07) is 6.74. The molecule has 1 aromatic carbocycles. The van der Waals surface area contributed by atoms with Crippen LogP contribution in [0, 0.1) is 0 Å². The molecule has 0 saturated carbocycles. The fourth-order valence-electron chi connectivity index (χ4n) is 1.52. The molecule has 0 aliphatic rings. The van der Waals surface area contributed by atoms with Gasteiger partial charge in [-0.3, -0.25) is 14.7 Å². The van der Waals surface area contributed by atoms with Crippen molar-refractivity contribution < 1.29 is 9.59 Å². The van der Waals surface area contributed by atoms with Gasteiger partial charge in [0.05, 0.1) is 6.20 Å². The topological polar surface area (TPSA) is 113 Å². The maximum absolute atomic E-state index is 11.8. The molecule has 0 saturated heterocycles. The number of amides is 2. The summed E-state index contributed by atoms with van der Waals surface area (Å²) >= 11 is 0. The van der Waals surface area contributed by atoms with E-state index in [1.54, 1.807) is 24.3 Å². The number of hydrogen-bond acceptors (Lipinski definition) is 4. The van der Waals surface area contributed by atoms with E-state index >= 15 is 0 Å². The number of nitrogens with zero attached hydrogens (tertiary/aromatic N) is 1. The Labute approximate surface area is 109 Å². The van der Waals surface area contributed by atoms with Crippen LogP contribution in [0.1, 0.15) is 17.3 Å². The molecule has 0 fully saturated rings. The van der Waals surface area contributed by atoms with E-state index in [9.17, 15) is 9.59 Å². The molecule has 0 radical (unpaired) electrons. The number of nitrogen functional groups attached to an aromatic ring is 1. The number of H-pyrrole nitrogens is 1.